The summed E-state index contributed by atoms with van der Waals surface area (Å²) in [7, 11) is 0. The Morgan fingerprint density at radius 1 is 1.17 bits per heavy atom. The van der Waals surface area contributed by atoms with Gasteiger partial charge in [-0.2, -0.15) is 0 Å². The average Bonchev–Trinajstić information content (AvgIpc) is 2.40. The van der Waals surface area contributed by atoms with Crippen LogP contribution in [-0.2, 0) is 9.53 Å². The molecular formula is C14H26N2O2. The molecule has 0 radical (unpaired) electrons. The van der Waals surface area contributed by atoms with Gasteiger partial charge in [0.15, 0.2) is 0 Å². The molecule has 0 aromatic rings. The fourth-order valence-corrected chi connectivity index (χ4v) is 2.87. The highest BCUT2D eigenvalue weighted by Crippen LogP contribution is 2.24. The van der Waals surface area contributed by atoms with Gasteiger partial charge >= 0.3 is 0 Å². The number of nitrogens with zero attached hydrogens (tertiary/aromatic N) is 2. The van der Waals surface area contributed by atoms with Crippen molar-refractivity contribution in [1.82, 2.24) is 9.80 Å². The molecule has 2 heterocycles. The van der Waals surface area contributed by atoms with Crippen molar-refractivity contribution in [3.05, 3.63) is 0 Å². The Balaban J connectivity index is 1.73. The molecule has 2 fully saturated rings. The van der Waals surface area contributed by atoms with Gasteiger partial charge < -0.3 is 9.64 Å². The number of piperidine rings is 1. The molecule has 4 heteroatoms. The van der Waals surface area contributed by atoms with E-state index in [0.717, 1.165) is 51.2 Å². The van der Waals surface area contributed by atoms with Crippen molar-refractivity contribution >= 4 is 5.91 Å². The zero-order valence-electron chi connectivity index (χ0n) is 11.7. The number of hydrogen-bond donors (Lipinski definition) is 0. The van der Waals surface area contributed by atoms with E-state index in [1.165, 1.54) is 12.8 Å². The summed E-state index contributed by atoms with van der Waals surface area (Å²) < 4.78 is 5.30. The molecular weight excluding hydrogens is 228 g/mol. The molecule has 0 bridgehead atoms. The van der Waals surface area contributed by atoms with Crippen LogP contribution in [0.5, 0.6) is 0 Å². The van der Waals surface area contributed by atoms with Crippen LogP contribution >= 0.6 is 0 Å². The molecule has 2 aliphatic rings. The molecule has 104 valence electrons. The van der Waals surface area contributed by atoms with Crippen molar-refractivity contribution in [3.8, 4) is 0 Å². The van der Waals surface area contributed by atoms with Gasteiger partial charge in [-0.25, -0.2) is 0 Å². The highest BCUT2D eigenvalue weighted by molar-refractivity contribution is 5.78. The number of amides is 1. The van der Waals surface area contributed by atoms with Crippen LogP contribution in [0.25, 0.3) is 0 Å². The van der Waals surface area contributed by atoms with Gasteiger partial charge in [0.05, 0.1) is 19.8 Å². The van der Waals surface area contributed by atoms with Gasteiger partial charge in [0, 0.05) is 26.2 Å². The third-order valence-electron chi connectivity index (χ3n) is 4.30. The molecule has 4 nitrogen and oxygen atoms in total. The molecule has 0 saturated carbocycles. The Bertz CT molecular complexity index is 267. The first-order valence-electron chi connectivity index (χ1n) is 7.24. The molecule has 0 unspecified atom stereocenters. The quantitative estimate of drug-likeness (QED) is 0.759. The summed E-state index contributed by atoms with van der Waals surface area (Å²) >= 11 is 0. The van der Waals surface area contributed by atoms with E-state index in [9.17, 15) is 4.79 Å². The Hall–Kier alpha value is -0.610. The molecule has 0 spiro atoms. The lowest BCUT2D eigenvalue weighted by atomic mass is 9.87. The summed E-state index contributed by atoms with van der Waals surface area (Å²) in [5, 5.41) is 0. The molecule has 0 atom stereocenters. The number of morpholine rings is 1. The number of carbonyl (C=O) groups is 1. The van der Waals surface area contributed by atoms with Gasteiger partial charge in [0.25, 0.3) is 0 Å². The zero-order valence-corrected chi connectivity index (χ0v) is 11.7. The monoisotopic (exact) mass is 254 g/mol. The molecule has 0 aliphatic carbocycles. The average molecular weight is 254 g/mol. The smallest absolute Gasteiger partial charge is 0.236 e. The maximum absolute atomic E-state index is 12.2. The molecule has 0 aromatic heterocycles. The lowest BCUT2D eigenvalue weighted by molar-refractivity contribution is -0.135. The standard InChI is InChI=1S/C14H26N2O2/c1-12(2)13-3-5-16(6-4-13)14(17)11-15-7-9-18-10-8-15/h12-13H,3-11H2,1-2H3. The maximum Gasteiger partial charge on any atom is 0.236 e. The fraction of sp³-hybridized carbons (Fsp3) is 0.929. The summed E-state index contributed by atoms with van der Waals surface area (Å²) in [5.74, 6) is 1.86. The Morgan fingerprint density at radius 3 is 2.33 bits per heavy atom. The van der Waals surface area contributed by atoms with E-state index in [4.69, 9.17) is 4.74 Å². The molecule has 2 rings (SSSR count). The first-order valence-corrected chi connectivity index (χ1v) is 7.24. The summed E-state index contributed by atoms with van der Waals surface area (Å²) in [6, 6.07) is 0. The van der Waals surface area contributed by atoms with E-state index in [1.54, 1.807) is 0 Å². The minimum Gasteiger partial charge on any atom is -0.379 e. The van der Waals surface area contributed by atoms with Gasteiger partial charge in [-0.05, 0) is 24.7 Å². The van der Waals surface area contributed by atoms with Gasteiger partial charge in [0.1, 0.15) is 0 Å². The van der Waals surface area contributed by atoms with E-state index in [-0.39, 0.29) is 0 Å². The lowest BCUT2D eigenvalue weighted by Gasteiger charge is -2.35. The highest BCUT2D eigenvalue weighted by atomic mass is 16.5. The SMILES string of the molecule is CC(C)C1CCN(C(=O)CN2CCOCC2)CC1. The Labute approximate surface area is 110 Å². The highest BCUT2D eigenvalue weighted by Gasteiger charge is 2.25. The molecule has 18 heavy (non-hydrogen) atoms. The summed E-state index contributed by atoms with van der Waals surface area (Å²) in [5.41, 5.74) is 0. The summed E-state index contributed by atoms with van der Waals surface area (Å²) in [6.07, 6.45) is 2.35. The third-order valence-corrected chi connectivity index (χ3v) is 4.30. The van der Waals surface area contributed by atoms with Gasteiger partial charge in [-0.1, -0.05) is 13.8 Å². The zero-order chi connectivity index (χ0) is 13.0. The first kappa shape index (κ1) is 13.8. The van der Waals surface area contributed by atoms with E-state index >= 15 is 0 Å². The van der Waals surface area contributed by atoms with Crippen molar-refractivity contribution in [2.75, 3.05) is 45.9 Å². The van der Waals surface area contributed by atoms with Gasteiger partial charge in [-0.15, -0.1) is 0 Å². The molecule has 1 amide bonds. The third kappa shape index (κ3) is 3.69. The van der Waals surface area contributed by atoms with Crippen LogP contribution in [0.3, 0.4) is 0 Å². The minimum absolute atomic E-state index is 0.305. The molecule has 0 N–H and O–H groups in total. The van der Waals surface area contributed by atoms with Crippen molar-refractivity contribution in [1.29, 1.82) is 0 Å². The van der Waals surface area contributed by atoms with Crippen LogP contribution in [-0.4, -0.2) is 61.6 Å². The van der Waals surface area contributed by atoms with Crippen LogP contribution in [0, 0.1) is 11.8 Å². The van der Waals surface area contributed by atoms with E-state index < -0.39 is 0 Å². The normalized spacial score (nSPS) is 23.6. The Kier molecular flexibility index (Phi) is 5.01. The van der Waals surface area contributed by atoms with Crippen molar-refractivity contribution in [2.45, 2.75) is 26.7 Å². The lowest BCUT2D eigenvalue weighted by Crippen LogP contribution is -2.47. The van der Waals surface area contributed by atoms with Crippen LogP contribution in [0.1, 0.15) is 26.7 Å². The number of likely N-dealkylation sites (tertiary alicyclic amines) is 1. The van der Waals surface area contributed by atoms with Crippen LogP contribution in [0.2, 0.25) is 0 Å². The number of rotatable bonds is 3. The number of hydrogen-bond acceptors (Lipinski definition) is 3. The second-order valence-electron chi connectivity index (χ2n) is 5.85. The second-order valence-corrected chi connectivity index (χ2v) is 5.85. The van der Waals surface area contributed by atoms with Crippen molar-refractivity contribution in [3.63, 3.8) is 0 Å². The molecule has 2 saturated heterocycles. The number of ether oxygens (including phenoxy) is 1. The fourth-order valence-electron chi connectivity index (χ4n) is 2.87. The van der Waals surface area contributed by atoms with E-state index in [0.29, 0.717) is 12.5 Å². The summed E-state index contributed by atoms with van der Waals surface area (Å²) in [6.45, 7) is 10.4. The van der Waals surface area contributed by atoms with E-state index in [2.05, 4.69) is 18.7 Å². The maximum atomic E-state index is 12.2. The van der Waals surface area contributed by atoms with Crippen LogP contribution < -0.4 is 0 Å². The summed E-state index contributed by atoms with van der Waals surface area (Å²) in [4.78, 5) is 16.4. The first-order chi connectivity index (χ1) is 8.66. The molecule has 2 aliphatic heterocycles. The molecule has 0 aromatic carbocycles. The minimum atomic E-state index is 0.305. The topological polar surface area (TPSA) is 32.8 Å². The predicted molar refractivity (Wildman–Crippen MR) is 71.4 cm³/mol. The van der Waals surface area contributed by atoms with Crippen molar-refractivity contribution < 1.29 is 9.53 Å². The van der Waals surface area contributed by atoms with Crippen LogP contribution in [0.4, 0.5) is 0 Å². The van der Waals surface area contributed by atoms with Gasteiger partial charge in [-0.3, -0.25) is 9.69 Å². The van der Waals surface area contributed by atoms with Crippen molar-refractivity contribution in [2.24, 2.45) is 11.8 Å². The van der Waals surface area contributed by atoms with Crippen LogP contribution in [0.15, 0.2) is 0 Å². The number of carbonyl (C=O) groups excluding carboxylic acids is 1. The second kappa shape index (κ2) is 6.53. The Morgan fingerprint density at radius 2 is 1.78 bits per heavy atom. The van der Waals surface area contributed by atoms with Gasteiger partial charge in [0.2, 0.25) is 5.91 Å². The largest absolute Gasteiger partial charge is 0.379 e. The van der Waals surface area contributed by atoms with E-state index in [1.807, 2.05) is 4.90 Å². The predicted octanol–water partition coefficient (Wildman–Crippen LogP) is 1.21.